The average Bonchev–Trinajstić information content (AvgIpc) is 3.18. The van der Waals surface area contributed by atoms with E-state index in [1.807, 2.05) is 24.3 Å². The first-order chi connectivity index (χ1) is 12.4. The normalized spacial score (nSPS) is 15.1. The van der Waals surface area contributed by atoms with Crippen molar-refractivity contribution >= 4 is 56.0 Å². The van der Waals surface area contributed by atoms with Gasteiger partial charge in [-0.2, -0.15) is 4.31 Å². The van der Waals surface area contributed by atoms with Crippen LogP contribution in [0.2, 0.25) is 0 Å². The summed E-state index contributed by atoms with van der Waals surface area (Å²) in [5.41, 5.74) is 0.767. The monoisotopic (exact) mass is 502 g/mol. The Morgan fingerprint density at radius 1 is 1.04 bits per heavy atom. The Bertz CT molecular complexity index is 862. The van der Waals surface area contributed by atoms with Crippen LogP contribution in [0.4, 0.5) is 5.69 Å². The molecule has 1 fully saturated rings. The second-order valence-electron chi connectivity index (χ2n) is 5.93. The van der Waals surface area contributed by atoms with Crippen molar-refractivity contribution in [2.45, 2.75) is 22.6 Å². The maximum absolute atomic E-state index is 12.5. The van der Waals surface area contributed by atoms with Crippen LogP contribution in [0.5, 0.6) is 0 Å². The molecule has 1 saturated heterocycles. The SMILES string of the molecule is O=C(CSc1ccc(S(=O)(=O)N2CCCC2)cc1)Nc1ccc(I)cc1. The largest absolute Gasteiger partial charge is 0.325 e. The lowest BCUT2D eigenvalue weighted by atomic mass is 10.3. The second-order valence-corrected chi connectivity index (χ2v) is 10.2. The van der Waals surface area contributed by atoms with E-state index in [1.165, 1.54) is 16.1 Å². The first-order valence-electron chi connectivity index (χ1n) is 8.23. The maximum atomic E-state index is 12.5. The molecule has 3 rings (SSSR count). The van der Waals surface area contributed by atoms with Crippen molar-refractivity contribution in [2.24, 2.45) is 0 Å². The number of hydrogen-bond donors (Lipinski definition) is 1. The Morgan fingerprint density at radius 2 is 1.65 bits per heavy atom. The smallest absolute Gasteiger partial charge is 0.243 e. The van der Waals surface area contributed by atoms with Crippen molar-refractivity contribution in [1.29, 1.82) is 0 Å². The van der Waals surface area contributed by atoms with Crippen LogP contribution in [-0.4, -0.2) is 37.5 Å². The molecule has 0 unspecified atom stereocenters. The van der Waals surface area contributed by atoms with Crippen molar-refractivity contribution < 1.29 is 13.2 Å². The summed E-state index contributed by atoms with van der Waals surface area (Å²) in [7, 11) is -3.39. The van der Waals surface area contributed by atoms with Crippen LogP contribution in [0.1, 0.15) is 12.8 Å². The fraction of sp³-hybridized carbons (Fsp3) is 0.278. The average molecular weight is 502 g/mol. The van der Waals surface area contributed by atoms with E-state index in [0.717, 1.165) is 27.0 Å². The van der Waals surface area contributed by atoms with Gasteiger partial charge in [-0.25, -0.2) is 8.42 Å². The molecule has 26 heavy (non-hydrogen) atoms. The van der Waals surface area contributed by atoms with Gasteiger partial charge in [-0.05, 0) is 84.0 Å². The summed E-state index contributed by atoms with van der Waals surface area (Å²) in [4.78, 5) is 13.2. The molecule has 8 heteroatoms. The first-order valence-corrected chi connectivity index (χ1v) is 11.7. The molecule has 1 amide bonds. The van der Waals surface area contributed by atoms with Crippen LogP contribution < -0.4 is 5.32 Å². The zero-order valence-electron chi connectivity index (χ0n) is 14.0. The highest BCUT2D eigenvalue weighted by molar-refractivity contribution is 14.1. The van der Waals surface area contributed by atoms with Gasteiger partial charge in [0.15, 0.2) is 0 Å². The molecule has 138 valence electrons. The van der Waals surface area contributed by atoms with Crippen LogP contribution in [-0.2, 0) is 14.8 Å². The van der Waals surface area contributed by atoms with Gasteiger partial charge >= 0.3 is 0 Å². The van der Waals surface area contributed by atoms with Crippen LogP contribution in [0, 0.1) is 3.57 Å². The molecule has 1 heterocycles. The Morgan fingerprint density at radius 3 is 2.27 bits per heavy atom. The number of nitrogens with zero attached hydrogens (tertiary/aromatic N) is 1. The number of carbonyl (C=O) groups excluding carboxylic acids is 1. The van der Waals surface area contributed by atoms with Gasteiger partial charge < -0.3 is 5.32 Å². The summed E-state index contributed by atoms with van der Waals surface area (Å²) < 4.78 is 27.6. The Labute approximate surface area is 171 Å². The number of benzene rings is 2. The van der Waals surface area contributed by atoms with Crippen molar-refractivity contribution in [2.75, 3.05) is 24.2 Å². The fourth-order valence-electron chi connectivity index (χ4n) is 2.66. The molecule has 2 aromatic carbocycles. The molecular weight excluding hydrogens is 483 g/mol. The third-order valence-corrected chi connectivity index (χ3v) is 7.67. The lowest BCUT2D eigenvalue weighted by Crippen LogP contribution is -2.27. The van der Waals surface area contributed by atoms with Crippen molar-refractivity contribution in [3.63, 3.8) is 0 Å². The van der Waals surface area contributed by atoms with E-state index in [4.69, 9.17) is 0 Å². The summed E-state index contributed by atoms with van der Waals surface area (Å²) in [6.45, 7) is 1.19. The maximum Gasteiger partial charge on any atom is 0.243 e. The molecule has 0 aliphatic carbocycles. The number of halogens is 1. The predicted molar refractivity (Wildman–Crippen MR) is 113 cm³/mol. The van der Waals surface area contributed by atoms with Crippen molar-refractivity contribution in [3.05, 3.63) is 52.1 Å². The lowest BCUT2D eigenvalue weighted by molar-refractivity contribution is -0.113. The molecular formula is C18H19IN2O3S2. The van der Waals surface area contributed by atoms with Gasteiger partial charge in [0.05, 0.1) is 10.6 Å². The number of rotatable bonds is 6. The number of amides is 1. The van der Waals surface area contributed by atoms with Crippen molar-refractivity contribution in [1.82, 2.24) is 4.31 Å². The van der Waals surface area contributed by atoms with Crippen LogP contribution >= 0.6 is 34.4 Å². The van der Waals surface area contributed by atoms with Gasteiger partial charge in [-0.15, -0.1) is 11.8 Å². The van der Waals surface area contributed by atoms with Gasteiger partial charge in [0.1, 0.15) is 0 Å². The quantitative estimate of drug-likeness (QED) is 0.482. The topological polar surface area (TPSA) is 66.5 Å². The molecule has 0 spiro atoms. The first kappa shape index (κ1) is 19.7. The van der Waals surface area contributed by atoms with Crippen molar-refractivity contribution in [3.8, 4) is 0 Å². The van der Waals surface area contributed by atoms with E-state index in [-0.39, 0.29) is 11.7 Å². The highest BCUT2D eigenvalue weighted by atomic mass is 127. The third kappa shape index (κ3) is 4.99. The zero-order chi connectivity index (χ0) is 18.6. The molecule has 1 N–H and O–H groups in total. The Balaban J connectivity index is 1.55. The third-order valence-electron chi connectivity index (χ3n) is 4.02. The minimum absolute atomic E-state index is 0.0926. The van der Waals surface area contributed by atoms with Gasteiger partial charge in [0.2, 0.25) is 15.9 Å². The minimum atomic E-state index is -3.39. The Hall–Kier alpha value is -1.10. The summed E-state index contributed by atoms with van der Waals surface area (Å²) >= 11 is 3.59. The number of hydrogen-bond acceptors (Lipinski definition) is 4. The van der Waals surface area contributed by atoms with Gasteiger partial charge in [0, 0.05) is 27.2 Å². The van der Waals surface area contributed by atoms with Crippen LogP contribution in [0.15, 0.2) is 58.3 Å². The molecule has 1 aliphatic heterocycles. The molecule has 2 aromatic rings. The zero-order valence-corrected chi connectivity index (χ0v) is 17.8. The second kappa shape index (κ2) is 8.73. The van der Waals surface area contributed by atoms with E-state index in [9.17, 15) is 13.2 Å². The van der Waals surface area contributed by atoms with E-state index in [0.29, 0.717) is 18.0 Å². The number of thioether (sulfide) groups is 1. The number of sulfonamides is 1. The molecule has 0 saturated carbocycles. The summed E-state index contributed by atoms with van der Waals surface area (Å²) in [5.74, 6) is 0.175. The fourth-order valence-corrected chi connectivity index (χ4v) is 5.24. The highest BCUT2D eigenvalue weighted by Crippen LogP contribution is 2.24. The number of anilines is 1. The highest BCUT2D eigenvalue weighted by Gasteiger charge is 2.26. The summed E-state index contributed by atoms with van der Waals surface area (Å²) in [6, 6.07) is 14.3. The molecule has 0 atom stereocenters. The molecule has 0 aromatic heterocycles. The molecule has 0 bridgehead atoms. The van der Waals surface area contributed by atoms with E-state index >= 15 is 0 Å². The molecule has 5 nitrogen and oxygen atoms in total. The number of nitrogens with one attached hydrogen (secondary N) is 1. The van der Waals surface area contributed by atoms with Gasteiger partial charge in [0.25, 0.3) is 0 Å². The van der Waals surface area contributed by atoms with Gasteiger partial charge in [-0.1, -0.05) is 0 Å². The lowest BCUT2D eigenvalue weighted by Gasteiger charge is -2.15. The predicted octanol–water partition coefficient (Wildman–Crippen LogP) is 3.81. The molecule has 1 aliphatic rings. The molecule has 0 radical (unpaired) electrons. The van der Waals surface area contributed by atoms with Crippen LogP contribution in [0.3, 0.4) is 0 Å². The minimum Gasteiger partial charge on any atom is -0.325 e. The standard InChI is InChI=1S/C18H19IN2O3S2/c19-14-3-5-15(6-4-14)20-18(22)13-25-16-7-9-17(10-8-16)26(23,24)21-11-1-2-12-21/h3-10H,1-2,11-13H2,(H,20,22). The van der Waals surface area contributed by atoms with Gasteiger partial charge in [-0.3, -0.25) is 4.79 Å². The number of carbonyl (C=O) groups is 1. The van der Waals surface area contributed by atoms with E-state index < -0.39 is 10.0 Å². The van der Waals surface area contributed by atoms with Crippen LogP contribution in [0.25, 0.3) is 0 Å². The van der Waals surface area contributed by atoms with E-state index in [2.05, 4.69) is 27.9 Å². The summed E-state index contributed by atoms with van der Waals surface area (Å²) in [5, 5.41) is 2.85. The Kier molecular flexibility index (Phi) is 6.60. The summed E-state index contributed by atoms with van der Waals surface area (Å²) in [6.07, 6.45) is 1.84. The van der Waals surface area contributed by atoms with E-state index in [1.54, 1.807) is 24.3 Å².